The number of amides is 1. The molecule has 0 unspecified atom stereocenters. The van der Waals surface area contributed by atoms with Gasteiger partial charge in [0.2, 0.25) is 5.91 Å². The average molecular weight is 346 g/mol. The van der Waals surface area contributed by atoms with Gasteiger partial charge < -0.3 is 14.8 Å². The van der Waals surface area contributed by atoms with Gasteiger partial charge in [-0.25, -0.2) is 0 Å². The van der Waals surface area contributed by atoms with E-state index in [-0.39, 0.29) is 24.5 Å². The number of rotatable bonds is 5. The molecule has 1 N–H and O–H groups in total. The Kier molecular flexibility index (Phi) is 5.58. The molecule has 1 aromatic carbocycles. The van der Waals surface area contributed by atoms with Gasteiger partial charge in [-0.15, -0.1) is 0 Å². The molecular weight excluding hydrogens is 320 g/mol. The molecule has 0 bridgehead atoms. The van der Waals surface area contributed by atoms with E-state index in [4.69, 9.17) is 9.47 Å². The third-order valence-corrected chi connectivity index (χ3v) is 5.37. The third kappa shape index (κ3) is 3.95. The summed E-state index contributed by atoms with van der Waals surface area (Å²) in [5, 5.41) is 2.90. The van der Waals surface area contributed by atoms with Gasteiger partial charge in [0.25, 0.3) is 0 Å². The number of hydrogen-bond acceptors (Lipinski definition) is 5. The van der Waals surface area contributed by atoms with Crippen LogP contribution in [0.25, 0.3) is 0 Å². The minimum atomic E-state index is -0.311. The molecule has 3 rings (SSSR count). The van der Waals surface area contributed by atoms with Gasteiger partial charge in [0, 0.05) is 17.8 Å². The van der Waals surface area contributed by atoms with E-state index < -0.39 is 0 Å². The molecule has 2 fully saturated rings. The van der Waals surface area contributed by atoms with Crippen LogP contribution in [0.4, 0.5) is 5.69 Å². The number of likely N-dealkylation sites (tertiary alicyclic amines) is 1. The number of nitrogens with one attached hydrogen (secondary N) is 1. The highest BCUT2D eigenvalue weighted by molar-refractivity contribution is 5.93. The fourth-order valence-corrected chi connectivity index (χ4v) is 4.22. The highest BCUT2D eigenvalue weighted by Crippen LogP contribution is 2.39. The van der Waals surface area contributed by atoms with Crippen molar-refractivity contribution in [3.8, 4) is 5.75 Å². The molecule has 136 valence electrons. The number of methoxy groups -OCH3 is 2. The minimum absolute atomic E-state index is 0.117. The smallest absolute Gasteiger partial charge is 0.323 e. The van der Waals surface area contributed by atoms with Gasteiger partial charge in [-0.05, 0) is 37.3 Å². The van der Waals surface area contributed by atoms with Crippen molar-refractivity contribution in [2.75, 3.05) is 26.1 Å². The molecule has 1 heterocycles. The number of fused-ring (bicyclic) bond motifs is 1. The predicted octanol–water partition coefficient (Wildman–Crippen LogP) is 2.44. The Morgan fingerprint density at radius 2 is 2.04 bits per heavy atom. The number of benzene rings is 1. The number of hydrogen-bond donors (Lipinski definition) is 1. The first-order chi connectivity index (χ1) is 12.1. The molecule has 0 aromatic heterocycles. The van der Waals surface area contributed by atoms with Crippen molar-refractivity contribution < 1.29 is 19.1 Å². The Labute approximate surface area is 148 Å². The molecule has 1 amide bonds. The highest BCUT2D eigenvalue weighted by atomic mass is 16.5. The van der Waals surface area contributed by atoms with Gasteiger partial charge in [0.05, 0.1) is 20.8 Å². The molecule has 1 saturated heterocycles. The number of carbonyl (C=O) groups is 2. The lowest BCUT2D eigenvalue weighted by atomic mass is 9.85. The lowest BCUT2D eigenvalue weighted by Gasteiger charge is -2.32. The summed E-state index contributed by atoms with van der Waals surface area (Å²) < 4.78 is 10.2. The third-order valence-electron chi connectivity index (χ3n) is 5.37. The second-order valence-corrected chi connectivity index (χ2v) is 6.84. The first-order valence-electron chi connectivity index (χ1n) is 8.90. The first-order valence-corrected chi connectivity index (χ1v) is 8.90. The largest absolute Gasteiger partial charge is 0.497 e. The molecule has 25 heavy (non-hydrogen) atoms. The molecule has 1 aliphatic carbocycles. The summed E-state index contributed by atoms with van der Waals surface area (Å²) in [5.41, 5.74) is 0.693. The maximum atomic E-state index is 12.6. The van der Waals surface area contributed by atoms with Crippen LogP contribution in [0.2, 0.25) is 0 Å². The average Bonchev–Trinajstić information content (AvgIpc) is 2.99. The van der Waals surface area contributed by atoms with Gasteiger partial charge in [-0.2, -0.15) is 0 Å². The summed E-state index contributed by atoms with van der Waals surface area (Å²) in [6.45, 7) is 0.206. The quantitative estimate of drug-likeness (QED) is 0.830. The van der Waals surface area contributed by atoms with Gasteiger partial charge in [-0.3, -0.25) is 14.5 Å². The monoisotopic (exact) mass is 346 g/mol. The van der Waals surface area contributed by atoms with Crippen molar-refractivity contribution in [2.24, 2.45) is 5.92 Å². The van der Waals surface area contributed by atoms with Gasteiger partial charge in [0.1, 0.15) is 11.8 Å². The normalized spacial score (nSPS) is 25.9. The van der Waals surface area contributed by atoms with Crippen LogP contribution in [-0.4, -0.2) is 49.6 Å². The van der Waals surface area contributed by atoms with Crippen molar-refractivity contribution in [2.45, 2.75) is 44.2 Å². The van der Waals surface area contributed by atoms with E-state index in [1.807, 2.05) is 23.1 Å². The number of carbonyl (C=O) groups excluding carboxylic acids is 2. The first kappa shape index (κ1) is 17.7. The maximum absolute atomic E-state index is 12.6. The molecule has 1 saturated carbocycles. The summed E-state index contributed by atoms with van der Waals surface area (Å²) in [7, 11) is 3.01. The van der Waals surface area contributed by atoms with E-state index in [0.29, 0.717) is 23.4 Å². The van der Waals surface area contributed by atoms with Gasteiger partial charge >= 0.3 is 5.97 Å². The van der Waals surface area contributed by atoms with Crippen molar-refractivity contribution in [1.82, 2.24) is 4.90 Å². The van der Waals surface area contributed by atoms with Gasteiger partial charge in [-0.1, -0.05) is 18.9 Å². The molecule has 6 heteroatoms. The Balaban J connectivity index is 1.69. The van der Waals surface area contributed by atoms with Crippen LogP contribution in [0.5, 0.6) is 5.75 Å². The molecule has 3 atom stereocenters. The van der Waals surface area contributed by atoms with Crippen molar-refractivity contribution >= 4 is 17.6 Å². The van der Waals surface area contributed by atoms with Crippen LogP contribution in [0, 0.1) is 5.92 Å². The van der Waals surface area contributed by atoms with E-state index in [0.717, 1.165) is 25.7 Å². The Morgan fingerprint density at radius 1 is 1.24 bits per heavy atom. The van der Waals surface area contributed by atoms with Crippen LogP contribution in [-0.2, 0) is 14.3 Å². The highest BCUT2D eigenvalue weighted by Gasteiger charge is 2.46. The number of esters is 1. The molecule has 1 aromatic rings. The molecular formula is C19H26N2O4. The Bertz CT molecular complexity index is 634. The zero-order valence-corrected chi connectivity index (χ0v) is 14.9. The topological polar surface area (TPSA) is 67.9 Å². The van der Waals surface area contributed by atoms with Crippen molar-refractivity contribution in [1.29, 1.82) is 0 Å². The summed E-state index contributed by atoms with van der Waals surface area (Å²) in [6, 6.07) is 7.26. The fourth-order valence-electron chi connectivity index (χ4n) is 4.22. The minimum Gasteiger partial charge on any atom is -0.497 e. The molecule has 2 aliphatic rings. The summed E-state index contributed by atoms with van der Waals surface area (Å²) in [5.74, 6) is 0.832. The van der Waals surface area contributed by atoms with Crippen LogP contribution < -0.4 is 10.1 Å². The van der Waals surface area contributed by atoms with Crippen molar-refractivity contribution in [3.63, 3.8) is 0 Å². The van der Waals surface area contributed by atoms with E-state index in [1.54, 1.807) is 13.2 Å². The second kappa shape index (κ2) is 7.87. The SMILES string of the molecule is COC(=O)[C@H]1C[C@@H]2CCCC[C@@H]2N1CC(=O)Nc1cccc(OC)c1. The molecule has 1 aliphatic heterocycles. The molecule has 0 radical (unpaired) electrons. The zero-order chi connectivity index (χ0) is 17.8. The van der Waals surface area contributed by atoms with Crippen LogP contribution in [0.15, 0.2) is 24.3 Å². The summed E-state index contributed by atoms with van der Waals surface area (Å²) in [4.78, 5) is 26.8. The van der Waals surface area contributed by atoms with Gasteiger partial charge in [0.15, 0.2) is 0 Å². The lowest BCUT2D eigenvalue weighted by Crippen LogP contribution is -2.46. The molecule has 0 spiro atoms. The fraction of sp³-hybridized carbons (Fsp3) is 0.579. The Hall–Kier alpha value is -2.08. The van der Waals surface area contributed by atoms with E-state index in [9.17, 15) is 9.59 Å². The lowest BCUT2D eigenvalue weighted by molar-refractivity contribution is -0.146. The predicted molar refractivity (Wildman–Crippen MR) is 94.5 cm³/mol. The van der Waals surface area contributed by atoms with Crippen LogP contribution in [0.3, 0.4) is 0 Å². The van der Waals surface area contributed by atoms with Crippen molar-refractivity contribution in [3.05, 3.63) is 24.3 Å². The summed E-state index contributed by atoms with van der Waals surface area (Å²) >= 11 is 0. The van der Waals surface area contributed by atoms with Crippen LogP contribution >= 0.6 is 0 Å². The van der Waals surface area contributed by atoms with E-state index >= 15 is 0 Å². The second-order valence-electron chi connectivity index (χ2n) is 6.84. The number of ether oxygens (including phenoxy) is 2. The Morgan fingerprint density at radius 3 is 2.80 bits per heavy atom. The van der Waals surface area contributed by atoms with Crippen LogP contribution in [0.1, 0.15) is 32.1 Å². The van der Waals surface area contributed by atoms with E-state index in [2.05, 4.69) is 5.32 Å². The van der Waals surface area contributed by atoms with E-state index in [1.165, 1.54) is 13.5 Å². The summed E-state index contributed by atoms with van der Waals surface area (Å²) in [6.07, 6.45) is 5.34. The molecule has 6 nitrogen and oxygen atoms in total. The maximum Gasteiger partial charge on any atom is 0.323 e. The standard InChI is InChI=1S/C19H26N2O4/c1-24-15-8-5-7-14(11-15)20-18(22)12-21-16-9-4-3-6-13(16)10-17(21)19(23)25-2/h5,7-8,11,13,16-17H,3-4,6,9-10,12H2,1-2H3,(H,20,22)/t13-,16-,17+/m0/s1. The number of anilines is 1. The number of nitrogens with zero attached hydrogens (tertiary/aromatic N) is 1. The zero-order valence-electron chi connectivity index (χ0n) is 14.9.